The topological polar surface area (TPSA) is 33.4 Å². The summed E-state index contributed by atoms with van der Waals surface area (Å²) in [5, 5.41) is 11.8. The van der Waals surface area contributed by atoms with Crippen LogP contribution in [0.2, 0.25) is 0 Å². The van der Waals surface area contributed by atoms with E-state index in [1.165, 1.54) is 0 Å². The smallest absolute Gasteiger partial charge is 0.143 e. The molecule has 6 rings (SSSR count). The van der Waals surface area contributed by atoms with Crippen LogP contribution in [0.4, 0.5) is 0 Å². The predicted molar refractivity (Wildman–Crippen MR) is 146 cm³/mol. The fourth-order valence-electron chi connectivity index (χ4n) is 4.57. The lowest BCUT2D eigenvalue weighted by Gasteiger charge is -2.16. The van der Waals surface area contributed by atoms with E-state index >= 15 is 0 Å². The summed E-state index contributed by atoms with van der Waals surface area (Å²) >= 11 is 7.10. The summed E-state index contributed by atoms with van der Waals surface area (Å²) in [5.41, 5.74) is 7.82. The maximum absolute atomic E-state index is 10.8. The average Bonchev–Trinajstić information content (AvgIpc) is 3.26. The molecule has 0 saturated heterocycles. The van der Waals surface area contributed by atoms with Crippen molar-refractivity contribution in [3.63, 3.8) is 0 Å². The molecule has 2 aliphatic rings. The van der Waals surface area contributed by atoms with E-state index in [0.717, 1.165) is 64.6 Å². The highest BCUT2D eigenvalue weighted by Gasteiger charge is 2.27. The first kappa shape index (κ1) is 21.2. The van der Waals surface area contributed by atoms with Gasteiger partial charge in [-0.05, 0) is 59.2 Å². The Morgan fingerprint density at radius 3 is 1.88 bits per heavy atom. The number of para-hydroxylation sites is 2. The molecule has 0 aromatic heterocycles. The van der Waals surface area contributed by atoms with Crippen LogP contribution >= 0.6 is 31.9 Å². The molecule has 0 atom stereocenters. The lowest BCUT2D eigenvalue weighted by Crippen LogP contribution is -1.90. The molecule has 164 valence electrons. The van der Waals surface area contributed by atoms with Crippen LogP contribution in [-0.4, -0.2) is 5.11 Å². The highest BCUT2D eigenvalue weighted by atomic mass is 79.9. The van der Waals surface area contributed by atoms with Gasteiger partial charge in [-0.1, -0.05) is 92.5 Å². The highest BCUT2D eigenvalue weighted by molar-refractivity contribution is 9.10. The van der Waals surface area contributed by atoms with Gasteiger partial charge in [0.05, 0.1) is 0 Å². The molecule has 0 saturated carbocycles. The van der Waals surface area contributed by atoms with Crippen molar-refractivity contribution in [1.29, 1.82) is 0 Å². The van der Waals surface area contributed by atoms with E-state index in [1.54, 1.807) is 6.07 Å². The van der Waals surface area contributed by atoms with Crippen molar-refractivity contribution in [1.82, 2.24) is 0 Å². The summed E-state index contributed by atoms with van der Waals surface area (Å²) < 4.78 is 8.62. The molecule has 0 spiro atoms. The first-order valence-corrected chi connectivity index (χ1v) is 12.5. The van der Waals surface area contributed by atoms with Crippen LogP contribution in [0.25, 0.3) is 55.7 Å². The van der Waals surface area contributed by atoms with Crippen molar-refractivity contribution in [2.24, 2.45) is 0 Å². The second-order valence-electron chi connectivity index (χ2n) is 8.18. The Hall–Kier alpha value is -3.34. The maximum atomic E-state index is 10.8. The van der Waals surface area contributed by atoms with E-state index in [-0.39, 0.29) is 5.75 Å². The van der Waals surface area contributed by atoms with E-state index < -0.39 is 0 Å². The third-order valence-electron chi connectivity index (χ3n) is 6.13. The molecule has 1 aliphatic heterocycles. The van der Waals surface area contributed by atoms with E-state index in [2.05, 4.69) is 68.3 Å². The third-order valence-corrected chi connectivity index (χ3v) is 7.19. The molecule has 1 heterocycles. The second-order valence-corrected chi connectivity index (χ2v) is 10.0. The molecule has 0 amide bonds. The van der Waals surface area contributed by atoms with Gasteiger partial charge in [-0.15, -0.1) is 0 Å². The number of rotatable bonds is 3. The predicted octanol–water partition coefficient (Wildman–Crippen LogP) is 9.77. The fraction of sp³-hybridized carbons (Fsp3) is 0. The van der Waals surface area contributed by atoms with Crippen LogP contribution < -0.4 is 0 Å². The van der Waals surface area contributed by atoms with Crippen molar-refractivity contribution in [2.75, 3.05) is 0 Å². The molecular formula is C30H18Br2O2. The molecule has 0 unspecified atom stereocenters. The number of hydrogen-bond acceptors (Lipinski definition) is 2. The zero-order chi connectivity index (χ0) is 23.2. The van der Waals surface area contributed by atoms with Crippen LogP contribution in [0.1, 0.15) is 0 Å². The molecule has 4 aromatic carbocycles. The van der Waals surface area contributed by atoms with Crippen molar-refractivity contribution >= 4 is 42.8 Å². The van der Waals surface area contributed by atoms with Crippen LogP contribution in [-0.2, 0) is 0 Å². The Morgan fingerprint density at radius 2 is 1.18 bits per heavy atom. The SMILES string of the molecule is Oc1ccccc1-c1cc(-c2ccc(Br)cc2)c2c(-c3ccc(Br)cc3)oc3ccccc3c1-2. The fourth-order valence-corrected chi connectivity index (χ4v) is 5.10. The second kappa shape index (κ2) is 8.46. The van der Waals surface area contributed by atoms with E-state index in [1.807, 2.05) is 60.7 Å². The zero-order valence-electron chi connectivity index (χ0n) is 17.9. The van der Waals surface area contributed by atoms with Gasteiger partial charge in [0.2, 0.25) is 0 Å². The quantitative estimate of drug-likeness (QED) is 0.230. The van der Waals surface area contributed by atoms with Crippen LogP contribution in [0.3, 0.4) is 0 Å². The Kier molecular flexibility index (Phi) is 5.28. The maximum Gasteiger partial charge on any atom is 0.143 e. The lowest BCUT2D eigenvalue weighted by atomic mass is 9.92. The number of halogens is 2. The van der Waals surface area contributed by atoms with Gasteiger partial charge in [0, 0.05) is 36.6 Å². The summed E-state index contributed by atoms with van der Waals surface area (Å²) in [7, 11) is 0. The van der Waals surface area contributed by atoms with Gasteiger partial charge in [0.1, 0.15) is 17.1 Å². The molecule has 34 heavy (non-hydrogen) atoms. The summed E-state index contributed by atoms with van der Waals surface area (Å²) in [6.07, 6.45) is 0. The summed E-state index contributed by atoms with van der Waals surface area (Å²) in [6.45, 7) is 0. The monoisotopic (exact) mass is 568 g/mol. The van der Waals surface area contributed by atoms with Crippen LogP contribution in [0, 0.1) is 0 Å². The van der Waals surface area contributed by atoms with Crippen molar-refractivity contribution in [3.05, 3.63) is 112 Å². The van der Waals surface area contributed by atoms with Crippen LogP contribution in [0.15, 0.2) is 116 Å². The van der Waals surface area contributed by atoms with Crippen molar-refractivity contribution in [3.8, 4) is 50.5 Å². The molecule has 1 aliphatic carbocycles. The number of benzene rings is 4. The Balaban J connectivity index is 1.78. The molecule has 4 aromatic rings. The highest BCUT2D eigenvalue weighted by Crippen LogP contribution is 2.53. The molecular weight excluding hydrogens is 552 g/mol. The minimum atomic E-state index is 0.256. The van der Waals surface area contributed by atoms with Gasteiger partial charge < -0.3 is 9.52 Å². The van der Waals surface area contributed by atoms with Gasteiger partial charge in [0.25, 0.3) is 0 Å². The zero-order valence-corrected chi connectivity index (χ0v) is 21.1. The van der Waals surface area contributed by atoms with E-state index in [9.17, 15) is 5.11 Å². The van der Waals surface area contributed by atoms with E-state index in [4.69, 9.17) is 4.42 Å². The van der Waals surface area contributed by atoms with Gasteiger partial charge in [0.15, 0.2) is 0 Å². The van der Waals surface area contributed by atoms with Crippen LogP contribution in [0.5, 0.6) is 5.75 Å². The van der Waals surface area contributed by atoms with Gasteiger partial charge in [-0.2, -0.15) is 0 Å². The molecule has 0 bridgehead atoms. The minimum Gasteiger partial charge on any atom is -0.507 e. The van der Waals surface area contributed by atoms with Crippen molar-refractivity contribution < 1.29 is 9.52 Å². The summed E-state index contributed by atoms with van der Waals surface area (Å²) in [6, 6.07) is 34.3. The number of phenolic OH excluding ortho intramolecular Hbond substituents is 1. The summed E-state index contributed by atoms with van der Waals surface area (Å²) in [5.74, 6) is 1.06. The van der Waals surface area contributed by atoms with Crippen molar-refractivity contribution in [2.45, 2.75) is 0 Å². The third kappa shape index (κ3) is 3.54. The first-order valence-electron chi connectivity index (χ1n) is 10.9. The molecule has 2 nitrogen and oxygen atoms in total. The lowest BCUT2D eigenvalue weighted by molar-refractivity contribution is 0.477. The Morgan fingerprint density at radius 1 is 0.559 bits per heavy atom. The molecule has 1 N–H and O–H groups in total. The first-order chi connectivity index (χ1) is 16.6. The Labute approximate surface area is 214 Å². The Bertz CT molecular complexity index is 1610. The molecule has 0 radical (unpaired) electrons. The van der Waals surface area contributed by atoms with E-state index in [0.29, 0.717) is 0 Å². The standard InChI is InChI=1S/C30H18Br2O2/c31-20-13-9-18(10-14-20)24-17-25(22-5-1-3-7-26(22)33)28-23-6-2-4-8-27(23)34-30(29(24)28)19-11-15-21(32)16-12-19/h1-17,33H. The number of fused-ring (bicyclic) bond motifs is 3. The molecule has 4 heteroatoms. The number of phenols is 1. The number of aromatic hydroxyl groups is 1. The minimum absolute atomic E-state index is 0.256. The largest absolute Gasteiger partial charge is 0.507 e. The average molecular weight is 570 g/mol. The normalized spacial score (nSPS) is 11.4. The number of hydrogen-bond donors (Lipinski definition) is 1. The van der Waals surface area contributed by atoms with Gasteiger partial charge in [-0.25, -0.2) is 0 Å². The van der Waals surface area contributed by atoms with Gasteiger partial charge in [-0.3, -0.25) is 0 Å². The van der Waals surface area contributed by atoms with Gasteiger partial charge >= 0.3 is 0 Å². The summed E-state index contributed by atoms with van der Waals surface area (Å²) in [4.78, 5) is 0. The molecule has 0 fully saturated rings.